The highest BCUT2D eigenvalue weighted by atomic mass is 16.7. The average molecular weight is 393 g/mol. The van der Waals surface area contributed by atoms with E-state index >= 15 is 0 Å². The molecule has 0 aromatic heterocycles. The lowest BCUT2D eigenvalue weighted by Gasteiger charge is -2.25. The van der Waals surface area contributed by atoms with Crippen LogP contribution in [0.5, 0.6) is 0 Å². The third-order valence-electron chi connectivity index (χ3n) is 4.05. The number of alkyl carbamates (subject to hydrolysis) is 1. The number of hydrogen-bond acceptors (Lipinski definition) is 6. The maximum Gasteiger partial charge on any atom is 0.408 e. The second-order valence-electron chi connectivity index (χ2n) is 7.75. The van der Waals surface area contributed by atoms with Gasteiger partial charge in [-0.25, -0.2) is 9.59 Å². The maximum absolute atomic E-state index is 12.5. The standard InChI is InChI=1S/C21H31NO6/c1-21(2,3)28-20(24)22-17(12-14-26-18-11-7-8-13-25-18)19(23)27-15-16-9-5-4-6-10-16/h4-6,9-10,17-18H,7-8,11-15H2,1-3H3,(H,22,24)/t17-,18?/m0/s1. The lowest BCUT2D eigenvalue weighted by atomic mass is 10.2. The number of nitrogens with one attached hydrogen (secondary N) is 1. The van der Waals surface area contributed by atoms with E-state index in [1.165, 1.54) is 0 Å². The highest BCUT2D eigenvalue weighted by molar-refractivity contribution is 5.81. The molecule has 0 aliphatic carbocycles. The highest BCUT2D eigenvalue weighted by Gasteiger charge is 2.26. The van der Waals surface area contributed by atoms with Crippen LogP contribution in [0, 0.1) is 0 Å². The first kappa shape index (κ1) is 22.2. The predicted molar refractivity (Wildman–Crippen MR) is 104 cm³/mol. The SMILES string of the molecule is CC(C)(C)OC(=O)N[C@@H](CCOC1CCCCO1)C(=O)OCc1ccccc1. The molecule has 1 N–H and O–H groups in total. The molecule has 156 valence electrons. The van der Waals surface area contributed by atoms with Gasteiger partial charge in [0.15, 0.2) is 6.29 Å². The summed E-state index contributed by atoms with van der Waals surface area (Å²) in [5.74, 6) is -0.525. The number of carbonyl (C=O) groups excluding carboxylic acids is 2. The second kappa shape index (κ2) is 11.0. The van der Waals surface area contributed by atoms with Gasteiger partial charge in [0.2, 0.25) is 0 Å². The minimum Gasteiger partial charge on any atom is -0.459 e. The number of benzene rings is 1. The molecule has 0 saturated carbocycles. The van der Waals surface area contributed by atoms with Crippen LogP contribution in [0.15, 0.2) is 30.3 Å². The molecule has 1 fully saturated rings. The van der Waals surface area contributed by atoms with Crippen molar-refractivity contribution in [2.75, 3.05) is 13.2 Å². The zero-order valence-electron chi connectivity index (χ0n) is 16.9. The summed E-state index contributed by atoms with van der Waals surface area (Å²) in [5.41, 5.74) is 0.216. The number of ether oxygens (including phenoxy) is 4. The molecule has 1 unspecified atom stereocenters. The van der Waals surface area contributed by atoms with Crippen molar-refractivity contribution in [3.8, 4) is 0 Å². The lowest BCUT2D eigenvalue weighted by Crippen LogP contribution is -2.45. The zero-order valence-corrected chi connectivity index (χ0v) is 16.9. The summed E-state index contributed by atoms with van der Waals surface area (Å²) in [4.78, 5) is 24.6. The molecule has 1 aliphatic heterocycles. The van der Waals surface area contributed by atoms with Gasteiger partial charge in [-0.2, -0.15) is 0 Å². The van der Waals surface area contributed by atoms with Crippen molar-refractivity contribution in [1.29, 1.82) is 0 Å². The number of amides is 1. The molecule has 2 rings (SSSR count). The van der Waals surface area contributed by atoms with E-state index in [0.29, 0.717) is 6.61 Å². The fourth-order valence-corrected chi connectivity index (χ4v) is 2.69. The van der Waals surface area contributed by atoms with Crippen LogP contribution in [0.1, 0.15) is 52.0 Å². The molecule has 0 spiro atoms. The van der Waals surface area contributed by atoms with E-state index in [0.717, 1.165) is 24.8 Å². The fourth-order valence-electron chi connectivity index (χ4n) is 2.69. The van der Waals surface area contributed by atoms with Gasteiger partial charge in [0.05, 0.1) is 6.61 Å². The van der Waals surface area contributed by atoms with Gasteiger partial charge in [-0.05, 0) is 45.6 Å². The van der Waals surface area contributed by atoms with Gasteiger partial charge < -0.3 is 24.3 Å². The van der Waals surface area contributed by atoms with Crippen molar-refractivity contribution >= 4 is 12.1 Å². The molecule has 7 nitrogen and oxygen atoms in total. The third-order valence-corrected chi connectivity index (χ3v) is 4.05. The Morgan fingerprint density at radius 1 is 1.21 bits per heavy atom. The number of hydrogen-bond donors (Lipinski definition) is 1. The maximum atomic E-state index is 12.5. The van der Waals surface area contributed by atoms with Gasteiger partial charge in [0, 0.05) is 13.0 Å². The molecule has 7 heteroatoms. The van der Waals surface area contributed by atoms with Crippen molar-refractivity contribution < 1.29 is 28.5 Å². The van der Waals surface area contributed by atoms with Crippen LogP contribution < -0.4 is 5.32 Å². The average Bonchev–Trinajstić information content (AvgIpc) is 2.65. The van der Waals surface area contributed by atoms with E-state index in [1.807, 2.05) is 30.3 Å². The van der Waals surface area contributed by atoms with Crippen molar-refractivity contribution in [2.24, 2.45) is 0 Å². The molecular weight excluding hydrogens is 362 g/mol. The summed E-state index contributed by atoms with van der Waals surface area (Å²) in [6, 6.07) is 8.51. The van der Waals surface area contributed by atoms with Crippen LogP contribution in [0.3, 0.4) is 0 Å². The molecule has 28 heavy (non-hydrogen) atoms. The zero-order chi connectivity index (χ0) is 20.4. The van der Waals surface area contributed by atoms with E-state index in [2.05, 4.69) is 5.32 Å². The number of esters is 1. The van der Waals surface area contributed by atoms with E-state index < -0.39 is 23.7 Å². The lowest BCUT2D eigenvalue weighted by molar-refractivity contribution is -0.166. The molecular formula is C21H31NO6. The van der Waals surface area contributed by atoms with Gasteiger partial charge >= 0.3 is 12.1 Å². The molecule has 1 amide bonds. The Morgan fingerprint density at radius 2 is 1.96 bits per heavy atom. The van der Waals surface area contributed by atoms with E-state index in [9.17, 15) is 9.59 Å². The molecule has 0 radical (unpaired) electrons. The first-order chi connectivity index (χ1) is 13.3. The monoisotopic (exact) mass is 393 g/mol. The van der Waals surface area contributed by atoms with Gasteiger partial charge in [-0.15, -0.1) is 0 Å². The Morgan fingerprint density at radius 3 is 2.61 bits per heavy atom. The van der Waals surface area contributed by atoms with Gasteiger partial charge in [-0.3, -0.25) is 0 Å². The molecule has 1 aromatic rings. The quantitative estimate of drug-likeness (QED) is 0.680. The first-order valence-electron chi connectivity index (χ1n) is 9.77. The molecule has 1 saturated heterocycles. The highest BCUT2D eigenvalue weighted by Crippen LogP contribution is 2.14. The largest absolute Gasteiger partial charge is 0.459 e. The van der Waals surface area contributed by atoms with E-state index in [1.54, 1.807) is 20.8 Å². The third kappa shape index (κ3) is 8.71. The van der Waals surface area contributed by atoms with Crippen molar-refractivity contribution in [1.82, 2.24) is 5.32 Å². The Hall–Kier alpha value is -2.12. The van der Waals surface area contributed by atoms with Crippen molar-refractivity contribution in [3.63, 3.8) is 0 Å². The Labute approximate surface area is 166 Å². The molecule has 1 aliphatic rings. The number of rotatable bonds is 8. The summed E-state index contributed by atoms with van der Waals surface area (Å²) in [7, 11) is 0. The van der Waals surface area contributed by atoms with Crippen molar-refractivity contribution in [2.45, 2.75) is 71.0 Å². The van der Waals surface area contributed by atoms with E-state index in [4.69, 9.17) is 18.9 Å². The van der Waals surface area contributed by atoms with Crippen LogP contribution in [-0.2, 0) is 30.3 Å². The summed E-state index contributed by atoms with van der Waals surface area (Å²) in [6.07, 6.45) is 2.28. The van der Waals surface area contributed by atoms with Crippen LogP contribution in [-0.4, -0.2) is 43.2 Å². The summed E-state index contributed by atoms with van der Waals surface area (Å²) < 4.78 is 21.8. The van der Waals surface area contributed by atoms with Crippen LogP contribution in [0.2, 0.25) is 0 Å². The van der Waals surface area contributed by atoms with Crippen LogP contribution in [0.4, 0.5) is 4.79 Å². The molecule has 2 atom stereocenters. The normalized spacial score (nSPS) is 18.2. The minimum absolute atomic E-state index is 0.138. The Bertz CT molecular complexity index is 607. The molecule has 1 aromatic carbocycles. The van der Waals surface area contributed by atoms with Crippen LogP contribution >= 0.6 is 0 Å². The molecule has 0 bridgehead atoms. The Kier molecular flexibility index (Phi) is 8.73. The minimum atomic E-state index is -0.859. The summed E-state index contributed by atoms with van der Waals surface area (Å²) in [5, 5.41) is 2.59. The van der Waals surface area contributed by atoms with Gasteiger partial charge in [0.1, 0.15) is 18.2 Å². The smallest absolute Gasteiger partial charge is 0.408 e. The second-order valence-corrected chi connectivity index (χ2v) is 7.75. The summed E-state index contributed by atoms with van der Waals surface area (Å²) >= 11 is 0. The van der Waals surface area contributed by atoms with Gasteiger partial charge in [-0.1, -0.05) is 30.3 Å². The fraction of sp³-hybridized carbons (Fsp3) is 0.619. The number of carbonyl (C=O) groups is 2. The van der Waals surface area contributed by atoms with Crippen LogP contribution in [0.25, 0.3) is 0 Å². The summed E-state index contributed by atoms with van der Waals surface area (Å²) in [6.45, 7) is 6.38. The molecule has 1 heterocycles. The predicted octanol–water partition coefficient (Wildman–Crippen LogP) is 3.56. The van der Waals surface area contributed by atoms with Gasteiger partial charge in [0.25, 0.3) is 0 Å². The Balaban J connectivity index is 1.87. The first-order valence-corrected chi connectivity index (χ1v) is 9.77. The van der Waals surface area contributed by atoms with Crippen molar-refractivity contribution in [3.05, 3.63) is 35.9 Å². The van der Waals surface area contributed by atoms with E-state index in [-0.39, 0.29) is 25.9 Å². The topological polar surface area (TPSA) is 83.1 Å².